The first kappa shape index (κ1) is 10.2. The highest BCUT2D eigenvalue weighted by molar-refractivity contribution is 5.22. The van der Waals surface area contributed by atoms with Gasteiger partial charge in [0.25, 0.3) is 0 Å². The van der Waals surface area contributed by atoms with E-state index in [9.17, 15) is 0 Å². The highest BCUT2D eigenvalue weighted by atomic mass is 16.3. The van der Waals surface area contributed by atoms with Gasteiger partial charge in [0, 0.05) is 13.1 Å². The van der Waals surface area contributed by atoms with Crippen LogP contribution in [0, 0.1) is 0 Å². The molecule has 3 heteroatoms. The predicted molar refractivity (Wildman–Crippen MR) is 51.2 cm³/mol. The Morgan fingerprint density at radius 3 is 2.62 bits per heavy atom. The fourth-order valence-corrected chi connectivity index (χ4v) is 1.15. The Morgan fingerprint density at radius 2 is 1.92 bits per heavy atom. The zero-order valence-corrected chi connectivity index (χ0v) is 7.53. The Labute approximate surface area is 78.0 Å². The van der Waals surface area contributed by atoms with Crippen LogP contribution in [0.25, 0.3) is 0 Å². The average molecular weight is 181 g/mol. The van der Waals surface area contributed by atoms with E-state index in [0.717, 1.165) is 17.7 Å². The molecule has 0 saturated heterocycles. The molecule has 0 fully saturated rings. The predicted octanol–water partition coefficient (Wildman–Crippen LogP) is 0.261. The van der Waals surface area contributed by atoms with Crippen molar-refractivity contribution in [2.45, 2.75) is 13.2 Å². The fraction of sp³-hybridized carbons (Fsp3) is 0.400. The van der Waals surface area contributed by atoms with Crippen LogP contribution in [0.4, 0.5) is 0 Å². The third-order valence-electron chi connectivity index (χ3n) is 1.79. The second kappa shape index (κ2) is 5.70. The molecule has 0 atom stereocenters. The van der Waals surface area contributed by atoms with Gasteiger partial charge in [-0.1, -0.05) is 24.3 Å². The molecule has 1 aromatic carbocycles. The molecule has 0 heterocycles. The number of benzene rings is 1. The number of aliphatic hydroxyl groups is 2. The van der Waals surface area contributed by atoms with Crippen molar-refractivity contribution in [2.75, 3.05) is 13.2 Å². The molecule has 13 heavy (non-hydrogen) atoms. The first-order valence-electron chi connectivity index (χ1n) is 4.37. The molecule has 0 spiro atoms. The summed E-state index contributed by atoms with van der Waals surface area (Å²) in [6.07, 6.45) is 0. The second-order valence-electron chi connectivity index (χ2n) is 2.88. The fourth-order valence-electron chi connectivity index (χ4n) is 1.15. The normalized spacial score (nSPS) is 10.3. The van der Waals surface area contributed by atoms with E-state index < -0.39 is 0 Å². The van der Waals surface area contributed by atoms with Gasteiger partial charge in [-0.15, -0.1) is 0 Å². The van der Waals surface area contributed by atoms with Crippen molar-refractivity contribution in [2.24, 2.45) is 0 Å². The van der Waals surface area contributed by atoms with Crippen LogP contribution in [-0.4, -0.2) is 23.4 Å². The van der Waals surface area contributed by atoms with Crippen molar-refractivity contribution >= 4 is 0 Å². The summed E-state index contributed by atoms with van der Waals surface area (Å²) in [6, 6.07) is 7.74. The highest BCUT2D eigenvalue weighted by Gasteiger charge is 1.93. The van der Waals surface area contributed by atoms with Crippen molar-refractivity contribution in [1.82, 2.24) is 5.32 Å². The summed E-state index contributed by atoms with van der Waals surface area (Å²) in [5.74, 6) is 0. The molecule has 0 bridgehead atoms. The summed E-state index contributed by atoms with van der Waals surface area (Å²) in [6.45, 7) is 1.56. The SMILES string of the molecule is OCCNCc1cccc(CO)c1. The van der Waals surface area contributed by atoms with Gasteiger partial charge in [-0.25, -0.2) is 0 Å². The van der Waals surface area contributed by atoms with Gasteiger partial charge in [0.1, 0.15) is 0 Å². The lowest BCUT2D eigenvalue weighted by molar-refractivity contribution is 0.281. The molecular weight excluding hydrogens is 166 g/mol. The maximum Gasteiger partial charge on any atom is 0.0681 e. The van der Waals surface area contributed by atoms with E-state index in [0.29, 0.717) is 6.54 Å². The van der Waals surface area contributed by atoms with Crippen molar-refractivity contribution < 1.29 is 10.2 Å². The molecule has 1 aromatic rings. The van der Waals surface area contributed by atoms with Gasteiger partial charge in [0.05, 0.1) is 13.2 Å². The van der Waals surface area contributed by atoms with Crippen LogP contribution < -0.4 is 5.32 Å². The first-order valence-corrected chi connectivity index (χ1v) is 4.37. The summed E-state index contributed by atoms with van der Waals surface area (Å²) >= 11 is 0. The van der Waals surface area contributed by atoms with Crippen LogP contribution in [0.2, 0.25) is 0 Å². The average Bonchev–Trinajstić information content (AvgIpc) is 2.19. The van der Waals surface area contributed by atoms with Crippen LogP contribution in [0.15, 0.2) is 24.3 Å². The van der Waals surface area contributed by atoms with Crippen molar-refractivity contribution in [3.63, 3.8) is 0 Å². The molecule has 0 aliphatic rings. The summed E-state index contributed by atoms with van der Waals surface area (Å²) in [7, 11) is 0. The first-order chi connectivity index (χ1) is 6.36. The van der Waals surface area contributed by atoms with Gasteiger partial charge in [-0.05, 0) is 11.1 Å². The smallest absolute Gasteiger partial charge is 0.0681 e. The lowest BCUT2D eigenvalue weighted by atomic mass is 10.1. The third kappa shape index (κ3) is 3.55. The quantitative estimate of drug-likeness (QED) is 0.571. The van der Waals surface area contributed by atoms with E-state index in [-0.39, 0.29) is 13.2 Å². The van der Waals surface area contributed by atoms with E-state index in [4.69, 9.17) is 10.2 Å². The highest BCUT2D eigenvalue weighted by Crippen LogP contribution is 2.04. The van der Waals surface area contributed by atoms with Crippen LogP contribution in [0.3, 0.4) is 0 Å². The Bertz CT molecular complexity index is 250. The molecule has 1 rings (SSSR count). The van der Waals surface area contributed by atoms with Gasteiger partial charge in [-0.2, -0.15) is 0 Å². The molecule has 72 valence electrons. The monoisotopic (exact) mass is 181 g/mol. The molecule has 0 amide bonds. The molecule has 0 radical (unpaired) electrons. The number of nitrogens with one attached hydrogen (secondary N) is 1. The minimum absolute atomic E-state index is 0.0772. The molecule has 0 saturated carbocycles. The van der Waals surface area contributed by atoms with Crippen LogP contribution in [-0.2, 0) is 13.2 Å². The zero-order valence-electron chi connectivity index (χ0n) is 7.53. The Hall–Kier alpha value is -0.900. The van der Waals surface area contributed by atoms with Crippen molar-refractivity contribution in [3.8, 4) is 0 Å². The summed E-state index contributed by atoms with van der Waals surface area (Å²) < 4.78 is 0. The Kier molecular flexibility index (Phi) is 4.46. The van der Waals surface area contributed by atoms with Gasteiger partial charge in [0.2, 0.25) is 0 Å². The lowest BCUT2D eigenvalue weighted by Crippen LogP contribution is -2.17. The minimum Gasteiger partial charge on any atom is -0.395 e. The molecule has 3 N–H and O–H groups in total. The van der Waals surface area contributed by atoms with E-state index in [2.05, 4.69) is 5.32 Å². The molecule has 3 nitrogen and oxygen atoms in total. The lowest BCUT2D eigenvalue weighted by Gasteiger charge is -2.04. The number of rotatable bonds is 5. The third-order valence-corrected chi connectivity index (χ3v) is 1.79. The minimum atomic E-state index is 0.0772. The Morgan fingerprint density at radius 1 is 1.15 bits per heavy atom. The standard InChI is InChI=1S/C10H15NO2/c12-5-4-11-7-9-2-1-3-10(6-9)8-13/h1-3,6,11-13H,4-5,7-8H2. The number of aliphatic hydroxyl groups excluding tert-OH is 2. The molecule has 0 aromatic heterocycles. The van der Waals surface area contributed by atoms with E-state index >= 15 is 0 Å². The molecule has 0 aliphatic heterocycles. The summed E-state index contributed by atoms with van der Waals surface area (Å²) in [5, 5.41) is 20.5. The van der Waals surface area contributed by atoms with E-state index in [1.54, 1.807) is 0 Å². The molecular formula is C10H15NO2. The van der Waals surface area contributed by atoms with E-state index in [1.165, 1.54) is 0 Å². The Balaban J connectivity index is 2.46. The summed E-state index contributed by atoms with van der Waals surface area (Å²) in [4.78, 5) is 0. The largest absolute Gasteiger partial charge is 0.395 e. The van der Waals surface area contributed by atoms with Crippen molar-refractivity contribution in [1.29, 1.82) is 0 Å². The van der Waals surface area contributed by atoms with Crippen LogP contribution in [0.5, 0.6) is 0 Å². The van der Waals surface area contributed by atoms with Crippen LogP contribution in [0.1, 0.15) is 11.1 Å². The molecule has 0 aliphatic carbocycles. The maximum atomic E-state index is 8.87. The number of hydrogen-bond donors (Lipinski definition) is 3. The van der Waals surface area contributed by atoms with E-state index in [1.807, 2.05) is 24.3 Å². The summed E-state index contributed by atoms with van der Waals surface area (Å²) in [5.41, 5.74) is 2.04. The van der Waals surface area contributed by atoms with Crippen molar-refractivity contribution in [3.05, 3.63) is 35.4 Å². The zero-order chi connectivity index (χ0) is 9.52. The van der Waals surface area contributed by atoms with Gasteiger partial charge in [-0.3, -0.25) is 0 Å². The molecule has 0 unspecified atom stereocenters. The number of hydrogen-bond acceptors (Lipinski definition) is 3. The van der Waals surface area contributed by atoms with Gasteiger partial charge >= 0.3 is 0 Å². The second-order valence-corrected chi connectivity index (χ2v) is 2.88. The van der Waals surface area contributed by atoms with Crippen LogP contribution >= 0.6 is 0 Å². The maximum absolute atomic E-state index is 8.87. The van der Waals surface area contributed by atoms with Gasteiger partial charge < -0.3 is 15.5 Å². The van der Waals surface area contributed by atoms with Gasteiger partial charge in [0.15, 0.2) is 0 Å². The topological polar surface area (TPSA) is 52.5 Å².